The first-order valence-electron chi connectivity index (χ1n) is 6.75. The van der Waals surface area contributed by atoms with Crippen LogP contribution in [-0.4, -0.2) is 58.6 Å². The normalized spacial score (nSPS) is 13.2. The lowest BCUT2D eigenvalue weighted by molar-refractivity contribution is 0.116. The molecule has 0 spiro atoms. The van der Waals surface area contributed by atoms with Crippen LogP contribution in [0.25, 0.3) is 0 Å². The van der Waals surface area contributed by atoms with E-state index in [-0.39, 0.29) is 6.10 Å². The van der Waals surface area contributed by atoms with Crippen LogP contribution in [-0.2, 0) is 6.54 Å². The molecule has 5 nitrogen and oxygen atoms in total. The van der Waals surface area contributed by atoms with Crippen molar-refractivity contribution in [1.29, 1.82) is 0 Å². The standard InChI is InChI=1S/C13H26N4O/c1-4-16(5-2)11-13(18)9-14-6-7-17-10-12(3)8-15-17/h8,10,13-14,18H,4-7,9,11H2,1-3H3. The van der Waals surface area contributed by atoms with Crippen LogP contribution in [0.5, 0.6) is 0 Å². The zero-order chi connectivity index (χ0) is 13.4. The van der Waals surface area contributed by atoms with Crippen LogP contribution < -0.4 is 5.32 Å². The highest BCUT2D eigenvalue weighted by Gasteiger charge is 2.07. The first-order chi connectivity index (χ1) is 8.65. The average Bonchev–Trinajstić information content (AvgIpc) is 2.77. The molecule has 0 aliphatic rings. The molecule has 0 aliphatic heterocycles. The fourth-order valence-electron chi connectivity index (χ4n) is 1.90. The van der Waals surface area contributed by atoms with Crippen LogP contribution in [0.2, 0.25) is 0 Å². The molecule has 1 rings (SSSR count). The molecule has 1 atom stereocenters. The number of likely N-dealkylation sites (N-methyl/N-ethyl adjacent to an activating group) is 1. The predicted molar refractivity (Wildman–Crippen MR) is 73.6 cm³/mol. The van der Waals surface area contributed by atoms with Gasteiger partial charge in [0.2, 0.25) is 0 Å². The molecule has 104 valence electrons. The number of hydrogen-bond donors (Lipinski definition) is 2. The van der Waals surface area contributed by atoms with Crippen molar-refractivity contribution in [2.45, 2.75) is 33.4 Å². The summed E-state index contributed by atoms with van der Waals surface area (Å²) in [4.78, 5) is 2.23. The first-order valence-corrected chi connectivity index (χ1v) is 6.75. The van der Waals surface area contributed by atoms with E-state index in [4.69, 9.17) is 0 Å². The van der Waals surface area contributed by atoms with Gasteiger partial charge in [-0.2, -0.15) is 5.10 Å². The number of aliphatic hydroxyl groups is 1. The summed E-state index contributed by atoms with van der Waals surface area (Å²) in [5.74, 6) is 0. The molecule has 0 bridgehead atoms. The van der Waals surface area contributed by atoms with E-state index in [0.717, 1.165) is 32.7 Å². The van der Waals surface area contributed by atoms with Gasteiger partial charge in [-0.3, -0.25) is 4.68 Å². The largest absolute Gasteiger partial charge is 0.390 e. The molecule has 0 saturated heterocycles. The van der Waals surface area contributed by atoms with Gasteiger partial charge in [0.1, 0.15) is 0 Å². The second-order valence-electron chi connectivity index (χ2n) is 4.62. The van der Waals surface area contributed by atoms with E-state index in [1.807, 2.05) is 24.0 Å². The van der Waals surface area contributed by atoms with Gasteiger partial charge in [0.05, 0.1) is 18.8 Å². The highest BCUT2D eigenvalue weighted by Crippen LogP contribution is 1.93. The summed E-state index contributed by atoms with van der Waals surface area (Å²) in [6, 6.07) is 0. The summed E-state index contributed by atoms with van der Waals surface area (Å²) in [6.07, 6.45) is 3.58. The number of aliphatic hydroxyl groups excluding tert-OH is 1. The molecule has 0 fully saturated rings. The maximum atomic E-state index is 9.86. The predicted octanol–water partition coefficient (Wildman–Crippen LogP) is 0.484. The van der Waals surface area contributed by atoms with E-state index in [9.17, 15) is 5.11 Å². The van der Waals surface area contributed by atoms with E-state index in [0.29, 0.717) is 6.54 Å². The van der Waals surface area contributed by atoms with Crippen LogP contribution in [0.1, 0.15) is 19.4 Å². The minimum absolute atomic E-state index is 0.302. The van der Waals surface area contributed by atoms with Crippen molar-refractivity contribution in [3.63, 3.8) is 0 Å². The maximum Gasteiger partial charge on any atom is 0.0791 e. The summed E-state index contributed by atoms with van der Waals surface area (Å²) in [5.41, 5.74) is 1.18. The molecule has 1 aromatic rings. The Morgan fingerprint density at radius 2 is 2.17 bits per heavy atom. The molecule has 18 heavy (non-hydrogen) atoms. The van der Waals surface area contributed by atoms with Gasteiger partial charge in [0, 0.05) is 25.8 Å². The third-order valence-corrected chi connectivity index (χ3v) is 3.02. The van der Waals surface area contributed by atoms with Crippen LogP contribution in [0, 0.1) is 6.92 Å². The number of aromatic nitrogens is 2. The van der Waals surface area contributed by atoms with Gasteiger partial charge in [-0.15, -0.1) is 0 Å². The SMILES string of the molecule is CCN(CC)CC(O)CNCCn1cc(C)cn1. The summed E-state index contributed by atoms with van der Waals surface area (Å²) < 4.78 is 1.92. The van der Waals surface area contributed by atoms with Gasteiger partial charge in [0.15, 0.2) is 0 Å². The Morgan fingerprint density at radius 1 is 1.44 bits per heavy atom. The Morgan fingerprint density at radius 3 is 2.72 bits per heavy atom. The Balaban J connectivity index is 2.10. The van der Waals surface area contributed by atoms with Crippen molar-refractivity contribution in [3.05, 3.63) is 18.0 Å². The Labute approximate surface area is 110 Å². The van der Waals surface area contributed by atoms with Gasteiger partial charge >= 0.3 is 0 Å². The molecule has 0 amide bonds. The highest BCUT2D eigenvalue weighted by atomic mass is 16.3. The quantitative estimate of drug-likeness (QED) is 0.630. The second-order valence-corrected chi connectivity index (χ2v) is 4.62. The van der Waals surface area contributed by atoms with E-state index >= 15 is 0 Å². The lowest BCUT2D eigenvalue weighted by Crippen LogP contribution is -2.39. The molecule has 1 heterocycles. The molecule has 0 saturated carbocycles. The van der Waals surface area contributed by atoms with Crippen LogP contribution in [0.15, 0.2) is 12.4 Å². The topological polar surface area (TPSA) is 53.3 Å². The first kappa shape index (κ1) is 15.1. The number of nitrogens with zero attached hydrogens (tertiary/aromatic N) is 3. The van der Waals surface area contributed by atoms with Crippen molar-refractivity contribution >= 4 is 0 Å². The van der Waals surface area contributed by atoms with Gasteiger partial charge in [-0.05, 0) is 25.6 Å². The van der Waals surface area contributed by atoms with Crippen molar-refractivity contribution in [2.75, 3.05) is 32.7 Å². The summed E-state index contributed by atoms with van der Waals surface area (Å²) in [6.45, 7) is 11.3. The average molecular weight is 254 g/mol. The monoisotopic (exact) mass is 254 g/mol. The molecule has 0 aliphatic carbocycles. The summed E-state index contributed by atoms with van der Waals surface area (Å²) in [7, 11) is 0. The zero-order valence-electron chi connectivity index (χ0n) is 11.8. The second kappa shape index (κ2) is 8.24. The number of rotatable bonds is 9. The molecule has 5 heteroatoms. The van der Waals surface area contributed by atoms with Gasteiger partial charge in [-0.25, -0.2) is 0 Å². The molecular formula is C13H26N4O. The van der Waals surface area contributed by atoms with Gasteiger partial charge < -0.3 is 15.3 Å². The van der Waals surface area contributed by atoms with E-state index in [2.05, 4.69) is 29.2 Å². The highest BCUT2D eigenvalue weighted by molar-refractivity contribution is 4.99. The lowest BCUT2D eigenvalue weighted by Gasteiger charge is -2.22. The van der Waals surface area contributed by atoms with E-state index < -0.39 is 0 Å². The summed E-state index contributed by atoms with van der Waals surface area (Å²) in [5, 5.41) is 17.3. The van der Waals surface area contributed by atoms with Crippen molar-refractivity contribution in [3.8, 4) is 0 Å². The fraction of sp³-hybridized carbons (Fsp3) is 0.769. The smallest absolute Gasteiger partial charge is 0.0791 e. The Kier molecular flexibility index (Phi) is 6.93. The molecule has 0 radical (unpaired) electrons. The Bertz CT molecular complexity index is 323. The molecule has 1 aromatic heterocycles. The van der Waals surface area contributed by atoms with Crippen LogP contribution in [0.4, 0.5) is 0 Å². The molecule has 0 aromatic carbocycles. The van der Waals surface area contributed by atoms with Crippen LogP contribution >= 0.6 is 0 Å². The Hall–Kier alpha value is -0.910. The van der Waals surface area contributed by atoms with Crippen molar-refractivity contribution in [2.24, 2.45) is 0 Å². The van der Waals surface area contributed by atoms with Crippen molar-refractivity contribution in [1.82, 2.24) is 20.0 Å². The maximum absolute atomic E-state index is 9.86. The van der Waals surface area contributed by atoms with Crippen molar-refractivity contribution < 1.29 is 5.11 Å². The van der Waals surface area contributed by atoms with Gasteiger partial charge in [-0.1, -0.05) is 13.8 Å². The minimum Gasteiger partial charge on any atom is -0.390 e. The van der Waals surface area contributed by atoms with Crippen LogP contribution in [0.3, 0.4) is 0 Å². The van der Waals surface area contributed by atoms with E-state index in [1.54, 1.807) is 0 Å². The summed E-state index contributed by atoms with van der Waals surface area (Å²) >= 11 is 0. The number of nitrogens with one attached hydrogen (secondary N) is 1. The molecule has 1 unspecified atom stereocenters. The number of aryl methyl sites for hydroxylation is 1. The molecular weight excluding hydrogens is 228 g/mol. The van der Waals surface area contributed by atoms with Gasteiger partial charge in [0.25, 0.3) is 0 Å². The minimum atomic E-state index is -0.302. The third kappa shape index (κ3) is 5.62. The zero-order valence-corrected chi connectivity index (χ0v) is 11.8. The lowest BCUT2D eigenvalue weighted by atomic mass is 10.3. The molecule has 2 N–H and O–H groups in total. The van der Waals surface area contributed by atoms with E-state index in [1.165, 1.54) is 5.56 Å². The number of hydrogen-bond acceptors (Lipinski definition) is 4. The fourth-order valence-corrected chi connectivity index (χ4v) is 1.90. The third-order valence-electron chi connectivity index (χ3n) is 3.02.